The van der Waals surface area contributed by atoms with E-state index >= 15 is 0 Å². The quantitative estimate of drug-likeness (QED) is 0.584. The third kappa shape index (κ3) is 5.37. The van der Waals surface area contributed by atoms with Gasteiger partial charge in [-0.05, 0) is 36.2 Å². The maximum atomic E-state index is 12.8. The maximum absolute atomic E-state index is 12.8. The number of fused-ring (bicyclic) bond motifs is 1. The summed E-state index contributed by atoms with van der Waals surface area (Å²) in [6.07, 6.45) is 0. The molecule has 0 spiro atoms. The molecule has 2 N–H and O–H groups in total. The number of benzene rings is 2. The van der Waals surface area contributed by atoms with Crippen LogP contribution in [0.3, 0.4) is 0 Å². The van der Waals surface area contributed by atoms with Gasteiger partial charge in [-0.2, -0.15) is 0 Å². The average molecular weight is 409 g/mol. The Labute approximate surface area is 175 Å². The monoisotopic (exact) mass is 409 g/mol. The first kappa shape index (κ1) is 21.4. The largest absolute Gasteiger partial charge is 0.484 e. The zero-order valence-corrected chi connectivity index (χ0v) is 17.6. The van der Waals surface area contributed by atoms with Crippen LogP contribution in [0.25, 0.3) is 11.1 Å². The van der Waals surface area contributed by atoms with Crippen molar-refractivity contribution in [1.82, 2.24) is 10.3 Å². The Morgan fingerprint density at radius 3 is 2.47 bits per heavy atom. The molecule has 1 unspecified atom stereocenters. The van der Waals surface area contributed by atoms with Crippen LogP contribution in [0.4, 0.5) is 5.69 Å². The van der Waals surface area contributed by atoms with Gasteiger partial charge in [0.25, 0.3) is 5.91 Å². The van der Waals surface area contributed by atoms with E-state index in [-0.39, 0.29) is 30.3 Å². The Morgan fingerprint density at radius 2 is 1.80 bits per heavy atom. The van der Waals surface area contributed by atoms with Crippen LogP contribution in [-0.2, 0) is 9.59 Å². The molecule has 0 saturated heterocycles. The highest BCUT2D eigenvalue weighted by Crippen LogP contribution is 2.24. The number of nitrogens with one attached hydrogen (secondary N) is 2. The van der Waals surface area contributed by atoms with E-state index in [1.165, 1.54) is 0 Å². The number of carbonyl (C=O) groups excluding carboxylic acids is 2. The fourth-order valence-electron chi connectivity index (χ4n) is 2.91. The van der Waals surface area contributed by atoms with E-state index in [2.05, 4.69) is 15.6 Å². The predicted molar refractivity (Wildman–Crippen MR) is 115 cm³/mol. The normalized spacial score (nSPS) is 12.2. The zero-order chi connectivity index (χ0) is 21.7. The molecule has 0 radical (unpaired) electrons. The molecule has 30 heavy (non-hydrogen) atoms. The van der Waals surface area contributed by atoms with Crippen LogP contribution < -0.4 is 15.4 Å². The molecule has 0 aliphatic carbocycles. The molecule has 2 amide bonds. The fraction of sp³-hybridized carbons (Fsp3) is 0.348. The summed E-state index contributed by atoms with van der Waals surface area (Å²) in [5.41, 5.74) is 1.94. The van der Waals surface area contributed by atoms with Crippen LogP contribution >= 0.6 is 0 Å². The first-order valence-corrected chi connectivity index (χ1v) is 10.0. The van der Waals surface area contributed by atoms with Gasteiger partial charge in [-0.3, -0.25) is 9.59 Å². The van der Waals surface area contributed by atoms with Crippen molar-refractivity contribution in [2.24, 2.45) is 5.92 Å². The Morgan fingerprint density at radius 1 is 1.07 bits per heavy atom. The van der Waals surface area contributed by atoms with Crippen LogP contribution in [0.2, 0.25) is 0 Å². The lowest BCUT2D eigenvalue weighted by atomic mass is 10.0. The Kier molecular flexibility index (Phi) is 6.72. The topological polar surface area (TPSA) is 93.5 Å². The first-order valence-electron chi connectivity index (χ1n) is 10.0. The van der Waals surface area contributed by atoms with E-state index in [1.807, 2.05) is 45.9 Å². The summed E-state index contributed by atoms with van der Waals surface area (Å²) < 4.78 is 11.2. The molecule has 1 aromatic heterocycles. The Bertz CT molecular complexity index is 1010. The third-order valence-electron chi connectivity index (χ3n) is 4.54. The molecule has 2 aromatic carbocycles. The van der Waals surface area contributed by atoms with E-state index in [1.54, 1.807) is 30.3 Å². The standard InChI is InChI=1S/C23H27N3O4/c1-14(2)21(26-20(27)13-29-17-8-6-5-7-9-17)22(28)24-16-10-11-19-18(12-16)25-23(30-19)15(3)4/h5-12,14-15,21H,13H2,1-4H3,(H,24,28)(H,26,27). The lowest BCUT2D eigenvalue weighted by Crippen LogP contribution is -2.48. The second-order valence-electron chi connectivity index (χ2n) is 7.77. The molecule has 3 rings (SSSR count). The van der Waals surface area contributed by atoms with Crippen LogP contribution in [0.1, 0.15) is 39.5 Å². The van der Waals surface area contributed by atoms with Gasteiger partial charge in [0, 0.05) is 11.6 Å². The molecule has 0 aliphatic heterocycles. The van der Waals surface area contributed by atoms with Crippen molar-refractivity contribution in [2.75, 3.05) is 11.9 Å². The van der Waals surface area contributed by atoms with Gasteiger partial charge in [0.15, 0.2) is 18.1 Å². The lowest BCUT2D eigenvalue weighted by Gasteiger charge is -2.21. The van der Waals surface area contributed by atoms with Crippen molar-refractivity contribution in [2.45, 2.75) is 39.7 Å². The second-order valence-corrected chi connectivity index (χ2v) is 7.77. The van der Waals surface area contributed by atoms with E-state index in [0.29, 0.717) is 28.4 Å². The molecular weight excluding hydrogens is 382 g/mol. The number of nitrogens with zero attached hydrogens (tertiary/aromatic N) is 1. The maximum Gasteiger partial charge on any atom is 0.258 e. The van der Waals surface area contributed by atoms with E-state index in [4.69, 9.17) is 9.15 Å². The number of oxazole rings is 1. The molecule has 0 aliphatic rings. The Balaban J connectivity index is 1.63. The van der Waals surface area contributed by atoms with Crippen molar-refractivity contribution in [3.63, 3.8) is 0 Å². The van der Waals surface area contributed by atoms with Gasteiger partial charge < -0.3 is 19.8 Å². The van der Waals surface area contributed by atoms with Crippen LogP contribution in [-0.4, -0.2) is 29.4 Å². The van der Waals surface area contributed by atoms with Crippen LogP contribution in [0.15, 0.2) is 52.9 Å². The van der Waals surface area contributed by atoms with Gasteiger partial charge >= 0.3 is 0 Å². The molecule has 158 valence electrons. The van der Waals surface area contributed by atoms with Gasteiger partial charge in [-0.1, -0.05) is 45.9 Å². The number of anilines is 1. The van der Waals surface area contributed by atoms with Gasteiger partial charge in [0.1, 0.15) is 17.3 Å². The number of hydrogen-bond donors (Lipinski definition) is 2. The number of rotatable bonds is 8. The van der Waals surface area contributed by atoms with Crippen LogP contribution in [0, 0.1) is 5.92 Å². The Hall–Kier alpha value is -3.35. The van der Waals surface area contributed by atoms with E-state index in [0.717, 1.165) is 0 Å². The third-order valence-corrected chi connectivity index (χ3v) is 4.54. The van der Waals surface area contributed by atoms with Gasteiger partial charge in [-0.15, -0.1) is 0 Å². The lowest BCUT2D eigenvalue weighted by molar-refractivity contribution is -0.128. The molecule has 3 aromatic rings. The molecule has 0 bridgehead atoms. The molecule has 1 atom stereocenters. The summed E-state index contributed by atoms with van der Waals surface area (Å²) in [6.45, 7) is 7.59. The van der Waals surface area contributed by atoms with Gasteiger partial charge in [-0.25, -0.2) is 4.98 Å². The van der Waals surface area contributed by atoms with Crippen molar-refractivity contribution >= 4 is 28.6 Å². The highest BCUT2D eigenvalue weighted by Gasteiger charge is 2.24. The van der Waals surface area contributed by atoms with Crippen molar-refractivity contribution in [1.29, 1.82) is 0 Å². The number of hydrogen-bond acceptors (Lipinski definition) is 5. The molecule has 0 fully saturated rings. The highest BCUT2D eigenvalue weighted by atomic mass is 16.5. The number of carbonyl (C=O) groups is 2. The van der Waals surface area contributed by atoms with Crippen LogP contribution in [0.5, 0.6) is 5.75 Å². The molecule has 7 heteroatoms. The minimum atomic E-state index is -0.698. The first-order chi connectivity index (χ1) is 14.3. The number of ether oxygens (including phenoxy) is 1. The summed E-state index contributed by atoms with van der Waals surface area (Å²) >= 11 is 0. The summed E-state index contributed by atoms with van der Waals surface area (Å²) in [6, 6.07) is 13.7. The second kappa shape index (κ2) is 9.43. The summed E-state index contributed by atoms with van der Waals surface area (Å²) in [7, 11) is 0. The molecule has 7 nitrogen and oxygen atoms in total. The minimum absolute atomic E-state index is 0.103. The van der Waals surface area contributed by atoms with Crippen molar-refractivity contribution in [3.05, 3.63) is 54.4 Å². The van der Waals surface area contributed by atoms with Gasteiger partial charge in [0.2, 0.25) is 5.91 Å². The molecule has 1 heterocycles. The molecule has 0 saturated carbocycles. The van der Waals surface area contributed by atoms with E-state index in [9.17, 15) is 9.59 Å². The summed E-state index contributed by atoms with van der Waals surface area (Å²) in [5.74, 6) is 0.661. The number of aromatic nitrogens is 1. The number of amides is 2. The van der Waals surface area contributed by atoms with E-state index < -0.39 is 6.04 Å². The smallest absolute Gasteiger partial charge is 0.258 e. The minimum Gasteiger partial charge on any atom is -0.484 e. The fourth-order valence-corrected chi connectivity index (χ4v) is 2.91. The van der Waals surface area contributed by atoms with Gasteiger partial charge in [0.05, 0.1) is 0 Å². The predicted octanol–water partition coefficient (Wildman–Crippen LogP) is 4.11. The SMILES string of the molecule is CC(C)c1nc2cc(NC(=O)C(NC(=O)COc3ccccc3)C(C)C)ccc2o1. The number of para-hydroxylation sites is 1. The zero-order valence-electron chi connectivity index (χ0n) is 17.6. The van der Waals surface area contributed by atoms with Crippen molar-refractivity contribution < 1.29 is 18.7 Å². The molecular formula is C23H27N3O4. The summed E-state index contributed by atoms with van der Waals surface area (Å²) in [5, 5.41) is 5.61. The highest BCUT2D eigenvalue weighted by molar-refractivity contribution is 5.98. The summed E-state index contributed by atoms with van der Waals surface area (Å²) in [4.78, 5) is 29.6. The van der Waals surface area contributed by atoms with Crippen molar-refractivity contribution in [3.8, 4) is 5.75 Å². The average Bonchev–Trinajstić information content (AvgIpc) is 3.15.